The Bertz CT molecular complexity index is 847. The van der Waals surface area contributed by atoms with Crippen LogP contribution in [0.25, 0.3) is 0 Å². The Morgan fingerprint density at radius 2 is 2.16 bits per heavy atom. The van der Waals surface area contributed by atoms with Crippen LogP contribution >= 0.6 is 11.3 Å². The summed E-state index contributed by atoms with van der Waals surface area (Å²) in [4.78, 5) is 15.7. The van der Waals surface area contributed by atoms with E-state index in [0.29, 0.717) is 12.1 Å². The highest BCUT2D eigenvalue weighted by molar-refractivity contribution is 7.16. The zero-order valence-corrected chi connectivity index (χ0v) is 15.8. The minimum Gasteiger partial charge on any atom is -0.315 e. The fourth-order valence-electron chi connectivity index (χ4n) is 3.39. The minimum atomic E-state index is -0.0660. The van der Waals surface area contributed by atoms with Gasteiger partial charge in [-0.05, 0) is 56.8 Å². The molecule has 0 unspecified atom stereocenters. The van der Waals surface area contributed by atoms with Gasteiger partial charge in [-0.3, -0.25) is 9.69 Å². The van der Waals surface area contributed by atoms with E-state index in [1.807, 2.05) is 11.9 Å². The highest BCUT2D eigenvalue weighted by Crippen LogP contribution is 2.38. The Balaban J connectivity index is 1.62. The molecule has 0 atom stereocenters. The fourth-order valence-corrected chi connectivity index (χ4v) is 4.65. The number of amides is 1. The van der Waals surface area contributed by atoms with Crippen LogP contribution in [-0.4, -0.2) is 24.4 Å². The van der Waals surface area contributed by atoms with Crippen molar-refractivity contribution in [1.29, 1.82) is 5.26 Å². The number of aryl methyl sites for hydroxylation is 3. The van der Waals surface area contributed by atoms with Gasteiger partial charge in [0.25, 0.3) is 0 Å². The van der Waals surface area contributed by atoms with E-state index in [0.717, 1.165) is 36.4 Å². The quantitative estimate of drug-likeness (QED) is 0.889. The molecule has 1 aromatic carbocycles. The van der Waals surface area contributed by atoms with Crippen LogP contribution in [-0.2, 0) is 24.2 Å². The molecule has 0 aliphatic heterocycles. The predicted molar refractivity (Wildman–Crippen MR) is 102 cm³/mol. The number of nitrogens with one attached hydrogen (secondary N) is 1. The topological polar surface area (TPSA) is 56.1 Å². The van der Waals surface area contributed by atoms with Crippen molar-refractivity contribution in [2.75, 3.05) is 18.9 Å². The highest BCUT2D eigenvalue weighted by atomic mass is 32.1. The van der Waals surface area contributed by atoms with Crippen molar-refractivity contribution in [1.82, 2.24) is 4.90 Å². The first kappa shape index (κ1) is 17.7. The zero-order chi connectivity index (χ0) is 18.0. The fraction of sp³-hybridized carbons (Fsp3) is 0.400. The standard InChI is InChI=1S/C20H23N3OS/c1-13-7-8-15(14(2)9-13)11-23(3)12-19(24)22-20-17(10-21)16-5-4-6-18(16)25-20/h7-9H,4-6,11-12H2,1-3H3,(H,22,24). The molecule has 0 fully saturated rings. The van der Waals surface area contributed by atoms with Gasteiger partial charge in [-0.15, -0.1) is 11.3 Å². The van der Waals surface area contributed by atoms with Gasteiger partial charge in [-0.25, -0.2) is 0 Å². The summed E-state index contributed by atoms with van der Waals surface area (Å²) >= 11 is 1.56. The van der Waals surface area contributed by atoms with Crippen LogP contribution in [0.2, 0.25) is 0 Å². The number of anilines is 1. The van der Waals surface area contributed by atoms with E-state index < -0.39 is 0 Å². The smallest absolute Gasteiger partial charge is 0.239 e. The number of rotatable bonds is 5. The van der Waals surface area contributed by atoms with Gasteiger partial charge < -0.3 is 5.32 Å². The van der Waals surface area contributed by atoms with E-state index >= 15 is 0 Å². The molecule has 0 saturated heterocycles. The second-order valence-electron chi connectivity index (χ2n) is 6.82. The lowest BCUT2D eigenvalue weighted by Gasteiger charge is -2.18. The van der Waals surface area contributed by atoms with Gasteiger partial charge in [0.1, 0.15) is 11.1 Å². The number of thiophene rings is 1. The first-order valence-corrected chi connectivity index (χ1v) is 9.38. The number of carbonyl (C=O) groups is 1. The molecule has 3 rings (SSSR count). The second kappa shape index (κ2) is 7.38. The minimum absolute atomic E-state index is 0.0660. The normalized spacial score (nSPS) is 12.9. The summed E-state index contributed by atoms with van der Waals surface area (Å²) in [5.41, 5.74) is 5.54. The average molecular weight is 353 g/mol. The monoisotopic (exact) mass is 353 g/mol. The van der Waals surface area contributed by atoms with E-state index in [-0.39, 0.29) is 5.91 Å². The molecule has 130 valence electrons. The van der Waals surface area contributed by atoms with Gasteiger partial charge in [-0.1, -0.05) is 23.8 Å². The first-order valence-electron chi connectivity index (χ1n) is 8.57. The van der Waals surface area contributed by atoms with Gasteiger partial charge in [0, 0.05) is 11.4 Å². The Hall–Kier alpha value is -2.16. The number of nitrogens with zero attached hydrogens (tertiary/aromatic N) is 2. The maximum atomic E-state index is 12.4. The van der Waals surface area contributed by atoms with Gasteiger partial charge in [-0.2, -0.15) is 5.26 Å². The maximum Gasteiger partial charge on any atom is 0.239 e. The number of hydrogen-bond acceptors (Lipinski definition) is 4. The molecule has 1 N–H and O–H groups in total. The van der Waals surface area contributed by atoms with Crippen LogP contribution < -0.4 is 5.32 Å². The number of benzene rings is 1. The van der Waals surface area contributed by atoms with E-state index in [2.05, 4.69) is 43.4 Å². The molecule has 4 nitrogen and oxygen atoms in total. The van der Waals surface area contributed by atoms with Gasteiger partial charge in [0.2, 0.25) is 5.91 Å². The SMILES string of the molecule is Cc1ccc(CN(C)CC(=O)Nc2sc3c(c2C#N)CCC3)c(C)c1. The van der Waals surface area contributed by atoms with E-state index in [4.69, 9.17) is 0 Å². The second-order valence-corrected chi connectivity index (χ2v) is 7.93. The lowest BCUT2D eigenvalue weighted by molar-refractivity contribution is -0.117. The molecule has 1 amide bonds. The highest BCUT2D eigenvalue weighted by Gasteiger charge is 2.23. The molecular weight excluding hydrogens is 330 g/mol. The Morgan fingerprint density at radius 1 is 1.36 bits per heavy atom. The summed E-state index contributed by atoms with van der Waals surface area (Å²) in [6, 6.07) is 8.65. The van der Waals surface area contributed by atoms with Crippen molar-refractivity contribution in [2.24, 2.45) is 0 Å². The number of hydrogen-bond donors (Lipinski definition) is 1. The van der Waals surface area contributed by atoms with Crippen molar-refractivity contribution >= 4 is 22.2 Å². The molecule has 0 saturated carbocycles. The van der Waals surface area contributed by atoms with E-state index in [1.54, 1.807) is 11.3 Å². The molecule has 0 spiro atoms. The molecule has 1 aliphatic carbocycles. The Labute approximate surface area is 153 Å². The van der Waals surface area contributed by atoms with E-state index in [9.17, 15) is 10.1 Å². The van der Waals surface area contributed by atoms with Gasteiger partial charge in [0.15, 0.2) is 0 Å². The van der Waals surface area contributed by atoms with Gasteiger partial charge in [0.05, 0.1) is 12.1 Å². The number of likely N-dealkylation sites (N-methyl/N-ethyl adjacent to an activating group) is 1. The van der Waals surface area contributed by atoms with Crippen LogP contribution in [0, 0.1) is 25.2 Å². The molecule has 5 heteroatoms. The van der Waals surface area contributed by atoms with Crippen LogP contribution in [0.1, 0.15) is 39.1 Å². The number of fused-ring (bicyclic) bond motifs is 1. The molecule has 2 aromatic rings. The summed E-state index contributed by atoms with van der Waals surface area (Å²) in [7, 11) is 1.94. The summed E-state index contributed by atoms with van der Waals surface area (Å²) in [5, 5.41) is 13.1. The molecule has 25 heavy (non-hydrogen) atoms. The number of carbonyl (C=O) groups excluding carboxylic acids is 1. The van der Waals surface area contributed by atoms with Crippen molar-refractivity contribution in [3.8, 4) is 6.07 Å². The summed E-state index contributed by atoms with van der Waals surface area (Å²) in [5.74, 6) is -0.0660. The molecular formula is C20H23N3OS. The van der Waals surface area contributed by atoms with Gasteiger partial charge >= 0.3 is 0 Å². The molecule has 0 bridgehead atoms. The molecule has 0 radical (unpaired) electrons. The van der Waals surface area contributed by atoms with Crippen LogP contribution in [0.4, 0.5) is 5.00 Å². The van der Waals surface area contributed by atoms with E-state index in [1.165, 1.54) is 21.6 Å². The average Bonchev–Trinajstić information content (AvgIpc) is 3.10. The largest absolute Gasteiger partial charge is 0.315 e. The van der Waals surface area contributed by atoms with Crippen molar-refractivity contribution in [3.05, 3.63) is 50.9 Å². The lowest BCUT2D eigenvalue weighted by atomic mass is 10.1. The molecule has 1 aliphatic rings. The Morgan fingerprint density at radius 3 is 2.88 bits per heavy atom. The summed E-state index contributed by atoms with van der Waals surface area (Å²) in [6.07, 6.45) is 3.09. The molecule has 1 heterocycles. The number of nitriles is 1. The zero-order valence-electron chi connectivity index (χ0n) is 15.0. The lowest BCUT2D eigenvalue weighted by Crippen LogP contribution is -2.30. The molecule has 1 aromatic heterocycles. The maximum absolute atomic E-state index is 12.4. The third kappa shape index (κ3) is 3.92. The van der Waals surface area contributed by atoms with Crippen molar-refractivity contribution in [2.45, 2.75) is 39.7 Å². The summed E-state index contributed by atoms with van der Waals surface area (Å²) < 4.78 is 0. The van der Waals surface area contributed by atoms with Crippen LogP contribution in [0.15, 0.2) is 18.2 Å². The predicted octanol–water partition coefficient (Wildman–Crippen LogP) is 3.80. The summed E-state index contributed by atoms with van der Waals surface area (Å²) in [6.45, 7) is 5.22. The van der Waals surface area contributed by atoms with Crippen molar-refractivity contribution < 1.29 is 4.79 Å². The van der Waals surface area contributed by atoms with Crippen LogP contribution in [0.5, 0.6) is 0 Å². The van der Waals surface area contributed by atoms with Crippen molar-refractivity contribution in [3.63, 3.8) is 0 Å². The Kier molecular flexibility index (Phi) is 5.22. The first-order chi connectivity index (χ1) is 12.0. The van der Waals surface area contributed by atoms with Crippen LogP contribution in [0.3, 0.4) is 0 Å². The third-order valence-electron chi connectivity index (χ3n) is 4.64. The third-order valence-corrected chi connectivity index (χ3v) is 5.85.